The second-order valence-corrected chi connectivity index (χ2v) is 6.76. The van der Waals surface area contributed by atoms with Gasteiger partial charge < -0.3 is 14.5 Å². The average Bonchev–Trinajstić information content (AvgIpc) is 2.53. The quantitative estimate of drug-likeness (QED) is 0.897. The van der Waals surface area contributed by atoms with Crippen LogP contribution in [0.2, 0.25) is 0 Å². The lowest BCUT2D eigenvalue weighted by atomic mass is 10.3. The Kier molecular flexibility index (Phi) is 2.85. The summed E-state index contributed by atoms with van der Waals surface area (Å²) >= 11 is 0. The molecule has 0 amide bonds. The summed E-state index contributed by atoms with van der Waals surface area (Å²) in [7, 11) is -3.11. The third-order valence-corrected chi connectivity index (χ3v) is 3.60. The van der Waals surface area contributed by atoms with Crippen molar-refractivity contribution in [1.82, 2.24) is 9.97 Å². The molecule has 0 radical (unpaired) electrons. The fourth-order valence-corrected chi connectivity index (χ4v) is 2.67. The van der Waals surface area contributed by atoms with Crippen LogP contribution in [0.5, 0.6) is 11.5 Å². The van der Waals surface area contributed by atoms with Crippen LogP contribution >= 0.6 is 0 Å². The maximum Gasteiger partial charge on any atom is 0.163 e. The summed E-state index contributed by atoms with van der Waals surface area (Å²) in [5.41, 5.74) is 1.44. The van der Waals surface area contributed by atoms with E-state index in [2.05, 4.69) is 9.97 Å². The number of H-pyrrole nitrogens is 1. The first-order valence-electron chi connectivity index (χ1n) is 5.97. The summed E-state index contributed by atoms with van der Waals surface area (Å²) in [5.74, 6) is 1.65. The van der Waals surface area contributed by atoms with Crippen molar-refractivity contribution in [3.63, 3.8) is 0 Å². The molecule has 0 aliphatic carbocycles. The van der Waals surface area contributed by atoms with Crippen molar-refractivity contribution in [2.45, 2.75) is 12.2 Å². The molecule has 0 spiro atoms. The van der Waals surface area contributed by atoms with Gasteiger partial charge in [-0.1, -0.05) is 0 Å². The van der Waals surface area contributed by atoms with Crippen LogP contribution in [0, 0.1) is 0 Å². The summed E-state index contributed by atoms with van der Waals surface area (Å²) in [6.07, 6.45) is 2.02. The Hall–Kier alpha value is -1.76. The van der Waals surface area contributed by atoms with Crippen LogP contribution in [0.15, 0.2) is 12.1 Å². The van der Waals surface area contributed by atoms with Gasteiger partial charge in [0.2, 0.25) is 0 Å². The van der Waals surface area contributed by atoms with Crippen molar-refractivity contribution in [3.8, 4) is 11.5 Å². The van der Waals surface area contributed by atoms with Gasteiger partial charge in [0, 0.05) is 24.8 Å². The largest absolute Gasteiger partial charge is 0.489 e. The van der Waals surface area contributed by atoms with E-state index in [0.29, 0.717) is 36.1 Å². The number of aromatic nitrogens is 2. The molecule has 0 bridgehead atoms. The fourth-order valence-electron chi connectivity index (χ4n) is 2.04. The lowest BCUT2D eigenvalue weighted by Crippen LogP contribution is -2.01. The summed E-state index contributed by atoms with van der Waals surface area (Å²) < 4.78 is 33.7. The van der Waals surface area contributed by atoms with Crippen LogP contribution in [-0.4, -0.2) is 37.9 Å². The van der Waals surface area contributed by atoms with Crippen molar-refractivity contribution >= 4 is 20.9 Å². The molecule has 0 fully saturated rings. The van der Waals surface area contributed by atoms with E-state index in [4.69, 9.17) is 9.47 Å². The van der Waals surface area contributed by atoms with E-state index in [1.807, 2.05) is 0 Å². The Labute approximate surface area is 110 Å². The Morgan fingerprint density at radius 3 is 2.63 bits per heavy atom. The molecular formula is C12H14N2O4S. The fraction of sp³-hybridized carbons (Fsp3) is 0.417. The summed E-state index contributed by atoms with van der Waals surface area (Å²) in [6.45, 7) is 1.22. The van der Waals surface area contributed by atoms with Gasteiger partial charge in [0.25, 0.3) is 0 Å². The first kappa shape index (κ1) is 12.3. The second kappa shape index (κ2) is 4.41. The number of imidazole rings is 1. The lowest BCUT2D eigenvalue weighted by molar-refractivity contribution is 0.297. The van der Waals surface area contributed by atoms with Crippen LogP contribution in [0.25, 0.3) is 11.0 Å². The van der Waals surface area contributed by atoms with Crippen LogP contribution in [0.1, 0.15) is 12.2 Å². The van der Waals surface area contributed by atoms with E-state index in [1.165, 1.54) is 6.26 Å². The standard InChI is InChI=1S/C12H14N2O4S/c1-19(15,16)7-12-13-8-5-10-11(6-9(8)14-12)18-4-2-3-17-10/h5-6H,2-4,7H2,1H3,(H,13,14). The summed E-state index contributed by atoms with van der Waals surface area (Å²) in [4.78, 5) is 7.26. The van der Waals surface area contributed by atoms with Gasteiger partial charge >= 0.3 is 0 Å². The SMILES string of the molecule is CS(=O)(=O)Cc1nc2cc3c(cc2[nH]1)OCCCO3. The van der Waals surface area contributed by atoms with Crippen LogP contribution < -0.4 is 9.47 Å². The molecule has 19 heavy (non-hydrogen) atoms. The molecule has 2 aromatic rings. The van der Waals surface area contributed by atoms with Gasteiger partial charge in [-0.25, -0.2) is 13.4 Å². The molecule has 1 aliphatic rings. The maximum atomic E-state index is 11.3. The number of aromatic amines is 1. The van der Waals surface area contributed by atoms with Gasteiger partial charge in [0.05, 0.1) is 24.2 Å². The van der Waals surface area contributed by atoms with E-state index in [9.17, 15) is 8.42 Å². The second-order valence-electron chi connectivity index (χ2n) is 4.62. The molecule has 2 heterocycles. The molecule has 1 aromatic heterocycles. The first-order chi connectivity index (χ1) is 9.01. The molecule has 7 heteroatoms. The summed E-state index contributed by atoms with van der Waals surface area (Å²) in [5, 5.41) is 0. The highest BCUT2D eigenvalue weighted by molar-refractivity contribution is 7.89. The smallest absolute Gasteiger partial charge is 0.163 e. The van der Waals surface area contributed by atoms with Crippen LogP contribution in [-0.2, 0) is 15.6 Å². The molecule has 6 nitrogen and oxygen atoms in total. The van der Waals surface area contributed by atoms with E-state index in [1.54, 1.807) is 12.1 Å². The number of fused-ring (bicyclic) bond motifs is 2. The number of sulfone groups is 1. The van der Waals surface area contributed by atoms with Gasteiger partial charge in [-0.15, -0.1) is 0 Å². The van der Waals surface area contributed by atoms with Crippen molar-refractivity contribution in [1.29, 1.82) is 0 Å². The van der Waals surface area contributed by atoms with Crippen molar-refractivity contribution in [2.75, 3.05) is 19.5 Å². The number of nitrogens with one attached hydrogen (secondary N) is 1. The number of hydrogen-bond donors (Lipinski definition) is 1. The third kappa shape index (κ3) is 2.65. The topological polar surface area (TPSA) is 81.3 Å². The van der Waals surface area contributed by atoms with Crippen molar-refractivity contribution in [3.05, 3.63) is 18.0 Å². The van der Waals surface area contributed by atoms with Gasteiger partial charge in [0.1, 0.15) is 11.6 Å². The molecule has 1 aromatic carbocycles. The van der Waals surface area contributed by atoms with Gasteiger partial charge in [-0.2, -0.15) is 0 Å². The Balaban J connectivity index is 2.04. The van der Waals surface area contributed by atoms with Crippen LogP contribution in [0.4, 0.5) is 0 Å². The normalized spacial score (nSPS) is 15.4. The van der Waals surface area contributed by atoms with Crippen molar-refractivity contribution in [2.24, 2.45) is 0 Å². The van der Waals surface area contributed by atoms with Gasteiger partial charge in [-0.3, -0.25) is 0 Å². The van der Waals surface area contributed by atoms with Gasteiger partial charge in [0.15, 0.2) is 21.3 Å². The highest BCUT2D eigenvalue weighted by Gasteiger charge is 2.15. The first-order valence-corrected chi connectivity index (χ1v) is 8.03. The minimum Gasteiger partial charge on any atom is -0.489 e. The zero-order chi connectivity index (χ0) is 13.5. The summed E-state index contributed by atoms with van der Waals surface area (Å²) in [6, 6.07) is 3.58. The Bertz CT molecular complexity index is 678. The molecule has 0 saturated heterocycles. The monoisotopic (exact) mass is 282 g/mol. The zero-order valence-electron chi connectivity index (χ0n) is 10.5. The van der Waals surface area contributed by atoms with Crippen LogP contribution in [0.3, 0.4) is 0 Å². The molecule has 102 valence electrons. The lowest BCUT2D eigenvalue weighted by Gasteiger charge is -2.05. The number of hydrogen-bond acceptors (Lipinski definition) is 5. The molecule has 1 N–H and O–H groups in total. The molecular weight excluding hydrogens is 268 g/mol. The Morgan fingerprint density at radius 2 is 1.95 bits per heavy atom. The third-order valence-electron chi connectivity index (χ3n) is 2.80. The predicted octanol–water partition coefficient (Wildman–Crippen LogP) is 1.27. The molecule has 0 atom stereocenters. The minimum absolute atomic E-state index is 0.103. The predicted molar refractivity (Wildman–Crippen MR) is 70.2 cm³/mol. The molecule has 3 rings (SSSR count). The Morgan fingerprint density at radius 1 is 1.26 bits per heavy atom. The number of rotatable bonds is 2. The minimum atomic E-state index is -3.11. The van der Waals surface area contributed by atoms with E-state index in [0.717, 1.165) is 11.9 Å². The van der Waals surface area contributed by atoms with E-state index < -0.39 is 9.84 Å². The maximum absolute atomic E-state index is 11.3. The highest BCUT2D eigenvalue weighted by atomic mass is 32.2. The average molecular weight is 282 g/mol. The number of nitrogens with zero attached hydrogens (tertiary/aromatic N) is 1. The molecule has 0 saturated carbocycles. The van der Waals surface area contributed by atoms with Gasteiger partial charge in [-0.05, 0) is 0 Å². The number of benzene rings is 1. The van der Waals surface area contributed by atoms with E-state index in [-0.39, 0.29) is 5.75 Å². The van der Waals surface area contributed by atoms with E-state index >= 15 is 0 Å². The number of ether oxygens (including phenoxy) is 2. The molecule has 1 aliphatic heterocycles. The zero-order valence-corrected chi connectivity index (χ0v) is 11.3. The molecule has 0 unspecified atom stereocenters. The van der Waals surface area contributed by atoms with Crippen molar-refractivity contribution < 1.29 is 17.9 Å². The highest BCUT2D eigenvalue weighted by Crippen LogP contribution is 2.33.